The van der Waals surface area contributed by atoms with Gasteiger partial charge in [-0.1, -0.05) is 0 Å². The summed E-state index contributed by atoms with van der Waals surface area (Å²) in [5.74, 6) is -0.505. The van der Waals surface area contributed by atoms with Gasteiger partial charge in [0.25, 0.3) is 0 Å². The maximum absolute atomic E-state index is 11.6. The van der Waals surface area contributed by atoms with E-state index in [1.54, 1.807) is 19.9 Å². The van der Waals surface area contributed by atoms with Crippen LogP contribution in [0.25, 0.3) is 5.65 Å². The Morgan fingerprint density at radius 2 is 2.35 bits per heavy atom. The van der Waals surface area contributed by atoms with Gasteiger partial charge in [0.2, 0.25) is 0 Å². The molecule has 6 nitrogen and oxygen atoms in total. The second-order valence-corrected chi connectivity index (χ2v) is 3.47. The topological polar surface area (TPSA) is 73.6 Å². The fourth-order valence-corrected chi connectivity index (χ4v) is 1.55. The molecule has 88 valence electrons. The van der Waals surface area contributed by atoms with Crippen LogP contribution in [0.15, 0.2) is 12.3 Å². The standard InChI is InChI=1S/C11H11N3O3/c1-3-17-11(16)9-5-12-10-7(2)4-8(6-15)13-14(9)10/h4-6H,3H2,1-2H3. The summed E-state index contributed by atoms with van der Waals surface area (Å²) in [6.07, 6.45) is 2.02. The number of carbonyl (C=O) groups excluding carboxylic acids is 2. The fourth-order valence-electron chi connectivity index (χ4n) is 1.55. The second-order valence-electron chi connectivity index (χ2n) is 3.47. The molecule has 0 spiro atoms. The highest BCUT2D eigenvalue weighted by molar-refractivity contribution is 5.88. The Morgan fingerprint density at radius 3 is 3.00 bits per heavy atom. The van der Waals surface area contributed by atoms with Gasteiger partial charge < -0.3 is 4.74 Å². The van der Waals surface area contributed by atoms with Gasteiger partial charge >= 0.3 is 5.97 Å². The van der Waals surface area contributed by atoms with Crippen LogP contribution in [0.4, 0.5) is 0 Å². The fraction of sp³-hybridized carbons (Fsp3) is 0.273. The predicted molar refractivity (Wildman–Crippen MR) is 59.1 cm³/mol. The lowest BCUT2D eigenvalue weighted by Gasteiger charge is -2.02. The molecule has 0 amide bonds. The first-order valence-electron chi connectivity index (χ1n) is 5.15. The molecule has 0 fully saturated rings. The Labute approximate surface area is 97.2 Å². The minimum Gasteiger partial charge on any atom is -0.461 e. The molecule has 0 saturated heterocycles. The van der Waals surface area contributed by atoms with E-state index in [4.69, 9.17) is 4.74 Å². The quantitative estimate of drug-likeness (QED) is 0.584. The molecule has 0 bridgehead atoms. The van der Waals surface area contributed by atoms with Gasteiger partial charge in [-0.15, -0.1) is 0 Å². The van der Waals surface area contributed by atoms with Crippen LogP contribution in [0, 0.1) is 6.92 Å². The average Bonchev–Trinajstić information content (AvgIpc) is 2.73. The van der Waals surface area contributed by atoms with Crippen molar-refractivity contribution in [1.29, 1.82) is 0 Å². The minimum atomic E-state index is -0.505. The van der Waals surface area contributed by atoms with Crippen molar-refractivity contribution in [2.45, 2.75) is 13.8 Å². The van der Waals surface area contributed by atoms with Gasteiger partial charge in [-0.25, -0.2) is 14.3 Å². The van der Waals surface area contributed by atoms with Crippen molar-refractivity contribution in [3.05, 3.63) is 29.2 Å². The van der Waals surface area contributed by atoms with Crippen molar-refractivity contribution in [2.75, 3.05) is 6.61 Å². The van der Waals surface area contributed by atoms with Crippen LogP contribution in [0.1, 0.15) is 33.5 Å². The molecule has 0 unspecified atom stereocenters. The number of rotatable bonds is 3. The van der Waals surface area contributed by atoms with Crippen molar-refractivity contribution in [1.82, 2.24) is 14.6 Å². The molecule has 17 heavy (non-hydrogen) atoms. The van der Waals surface area contributed by atoms with E-state index in [1.807, 2.05) is 0 Å². The lowest BCUT2D eigenvalue weighted by Crippen LogP contribution is -2.11. The van der Waals surface area contributed by atoms with Gasteiger partial charge in [0.15, 0.2) is 17.6 Å². The highest BCUT2D eigenvalue weighted by atomic mass is 16.5. The summed E-state index contributed by atoms with van der Waals surface area (Å²) in [4.78, 5) is 26.4. The number of aromatic nitrogens is 3. The number of aryl methyl sites for hydroxylation is 1. The molecule has 0 N–H and O–H groups in total. The number of ether oxygens (including phenoxy) is 1. The molecule has 0 aliphatic heterocycles. The van der Waals surface area contributed by atoms with E-state index < -0.39 is 5.97 Å². The van der Waals surface area contributed by atoms with Crippen LogP contribution >= 0.6 is 0 Å². The van der Waals surface area contributed by atoms with Crippen LogP contribution in [0.5, 0.6) is 0 Å². The lowest BCUT2D eigenvalue weighted by atomic mass is 10.3. The third kappa shape index (κ3) is 1.89. The molecule has 0 saturated carbocycles. The van der Waals surface area contributed by atoms with Crippen molar-refractivity contribution >= 4 is 17.9 Å². The SMILES string of the molecule is CCOC(=O)c1cnc2c(C)cc(C=O)nn12. The molecule has 2 rings (SSSR count). The van der Waals surface area contributed by atoms with Crippen molar-refractivity contribution in [2.24, 2.45) is 0 Å². The smallest absolute Gasteiger partial charge is 0.358 e. The molecule has 6 heteroatoms. The molecular formula is C11H11N3O3. The maximum atomic E-state index is 11.6. The molecule has 2 aromatic rings. The Balaban J connectivity index is 2.62. The zero-order valence-corrected chi connectivity index (χ0v) is 9.51. The van der Waals surface area contributed by atoms with Crippen LogP contribution in [-0.4, -0.2) is 33.5 Å². The van der Waals surface area contributed by atoms with E-state index in [2.05, 4.69) is 10.1 Å². The number of fused-ring (bicyclic) bond motifs is 1. The Bertz CT molecular complexity index is 589. The summed E-state index contributed by atoms with van der Waals surface area (Å²) in [7, 11) is 0. The highest BCUT2D eigenvalue weighted by Gasteiger charge is 2.15. The molecule has 2 aromatic heterocycles. The molecule has 2 heterocycles. The largest absolute Gasteiger partial charge is 0.461 e. The Hall–Kier alpha value is -2.24. The molecule has 0 aromatic carbocycles. The van der Waals surface area contributed by atoms with E-state index >= 15 is 0 Å². The molecule has 0 aliphatic rings. The minimum absolute atomic E-state index is 0.216. The van der Waals surface area contributed by atoms with Crippen LogP contribution in [0.3, 0.4) is 0 Å². The van der Waals surface area contributed by atoms with Crippen molar-refractivity contribution < 1.29 is 14.3 Å². The van der Waals surface area contributed by atoms with Crippen LogP contribution in [-0.2, 0) is 4.74 Å². The van der Waals surface area contributed by atoms with E-state index in [9.17, 15) is 9.59 Å². The number of imidazole rings is 1. The number of carbonyl (C=O) groups is 2. The lowest BCUT2D eigenvalue weighted by molar-refractivity contribution is 0.0516. The zero-order chi connectivity index (χ0) is 12.4. The number of nitrogens with zero attached hydrogens (tertiary/aromatic N) is 3. The van der Waals surface area contributed by atoms with Crippen LogP contribution < -0.4 is 0 Å². The predicted octanol–water partition coefficient (Wildman–Crippen LogP) is 1.03. The summed E-state index contributed by atoms with van der Waals surface area (Å²) in [6, 6.07) is 1.62. The van der Waals surface area contributed by atoms with Gasteiger partial charge in [-0.2, -0.15) is 5.10 Å². The van der Waals surface area contributed by atoms with Gasteiger partial charge in [0, 0.05) is 0 Å². The summed E-state index contributed by atoms with van der Waals surface area (Å²) in [5, 5.41) is 4.00. The van der Waals surface area contributed by atoms with E-state index in [0.717, 1.165) is 5.56 Å². The number of esters is 1. The highest BCUT2D eigenvalue weighted by Crippen LogP contribution is 2.11. The average molecular weight is 233 g/mol. The third-order valence-electron chi connectivity index (χ3n) is 2.28. The van der Waals surface area contributed by atoms with Gasteiger partial charge in [0.05, 0.1) is 12.8 Å². The number of aldehydes is 1. The Morgan fingerprint density at radius 1 is 1.59 bits per heavy atom. The van der Waals surface area contributed by atoms with Gasteiger partial charge in [-0.05, 0) is 25.5 Å². The summed E-state index contributed by atoms with van der Waals surface area (Å²) in [6.45, 7) is 3.79. The first kappa shape index (κ1) is 11.3. The van der Waals surface area contributed by atoms with E-state index in [0.29, 0.717) is 11.9 Å². The van der Waals surface area contributed by atoms with E-state index in [1.165, 1.54) is 10.7 Å². The monoisotopic (exact) mass is 233 g/mol. The summed E-state index contributed by atoms with van der Waals surface area (Å²) in [5.41, 5.74) is 1.78. The summed E-state index contributed by atoms with van der Waals surface area (Å²) >= 11 is 0. The van der Waals surface area contributed by atoms with Crippen LogP contribution in [0.2, 0.25) is 0 Å². The number of hydrogen-bond donors (Lipinski definition) is 0. The Kier molecular flexibility index (Phi) is 2.86. The second kappa shape index (κ2) is 4.32. The van der Waals surface area contributed by atoms with Gasteiger partial charge in [-0.3, -0.25) is 4.79 Å². The zero-order valence-electron chi connectivity index (χ0n) is 9.51. The van der Waals surface area contributed by atoms with Gasteiger partial charge in [0.1, 0.15) is 5.69 Å². The third-order valence-corrected chi connectivity index (χ3v) is 2.28. The number of hydrogen-bond acceptors (Lipinski definition) is 5. The molecule has 0 atom stereocenters. The maximum Gasteiger partial charge on any atom is 0.358 e. The normalized spacial score (nSPS) is 10.5. The summed E-state index contributed by atoms with van der Waals surface area (Å²) < 4.78 is 6.21. The first-order valence-corrected chi connectivity index (χ1v) is 5.15. The van der Waals surface area contributed by atoms with Crippen molar-refractivity contribution in [3.63, 3.8) is 0 Å². The van der Waals surface area contributed by atoms with Crippen molar-refractivity contribution in [3.8, 4) is 0 Å². The molecule has 0 aliphatic carbocycles. The molecule has 0 radical (unpaired) electrons. The first-order chi connectivity index (χ1) is 8.17. The molecular weight excluding hydrogens is 222 g/mol. The van der Waals surface area contributed by atoms with E-state index in [-0.39, 0.29) is 18.0 Å².